The fourth-order valence-corrected chi connectivity index (χ4v) is 3.72. The summed E-state index contributed by atoms with van der Waals surface area (Å²) in [4.78, 5) is 4.15. The van der Waals surface area contributed by atoms with Gasteiger partial charge in [0, 0.05) is 37.7 Å². The smallest absolute Gasteiger partial charge is 0.244 e. The highest BCUT2D eigenvalue weighted by Gasteiger charge is 2.23. The molecule has 3 aromatic rings. The van der Waals surface area contributed by atoms with Crippen LogP contribution in [-0.4, -0.2) is 34.5 Å². The normalized spacial score (nSPS) is 11.8. The highest BCUT2D eigenvalue weighted by atomic mass is 32.2. The Hall–Kier alpha value is -2.51. The lowest BCUT2D eigenvalue weighted by molar-refractivity contribution is 0.466. The average Bonchev–Trinajstić information content (AvgIpc) is 3.04. The van der Waals surface area contributed by atoms with Gasteiger partial charge >= 0.3 is 0 Å². The standard InChI is InChI=1S/C17H18N4O2S/c1-14-8-9-18-11-17(14)24(22,23)20(2)12-15-10-19-21(13-15)16-6-4-3-5-7-16/h3-11,13H,12H2,1-2H3. The van der Waals surface area contributed by atoms with Crippen molar-refractivity contribution in [2.24, 2.45) is 0 Å². The maximum Gasteiger partial charge on any atom is 0.244 e. The highest BCUT2D eigenvalue weighted by molar-refractivity contribution is 7.89. The lowest BCUT2D eigenvalue weighted by Crippen LogP contribution is -2.27. The van der Waals surface area contributed by atoms with E-state index in [0.29, 0.717) is 5.56 Å². The number of sulfonamides is 1. The van der Waals surface area contributed by atoms with E-state index in [9.17, 15) is 8.42 Å². The van der Waals surface area contributed by atoms with E-state index in [1.807, 2.05) is 36.5 Å². The van der Waals surface area contributed by atoms with Crippen LogP contribution in [0.3, 0.4) is 0 Å². The molecular formula is C17H18N4O2S. The summed E-state index contributed by atoms with van der Waals surface area (Å²) < 4.78 is 28.4. The van der Waals surface area contributed by atoms with Gasteiger partial charge in [0.15, 0.2) is 0 Å². The second kappa shape index (κ2) is 6.54. The van der Waals surface area contributed by atoms with Gasteiger partial charge in [-0.3, -0.25) is 4.98 Å². The molecule has 124 valence electrons. The minimum Gasteiger partial charge on any atom is -0.263 e. The van der Waals surface area contributed by atoms with E-state index in [2.05, 4.69) is 10.1 Å². The molecule has 0 fully saturated rings. The molecule has 0 saturated carbocycles. The molecule has 0 bridgehead atoms. The number of nitrogens with zero attached hydrogens (tertiary/aromatic N) is 4. The summed E-state index contributed by atoms with van der Waals surface area (Å²) in [6.07, 6.45) is 6.47. The van der Waals surface area contributed by atoms with Gasteiger partial charge in [-0.05, 0) is 30.7 Å². The van der Waals surface area contributed by atoms with Gasteiger partial charge in [-0.2, -0.15) is 9.40 Å². The van der Waals surface area contributed by atoms with Crippen molar-refractivity contribution in [2.45, 2.75) is 18.4 Å². The van der Waals surface area contributed by atoms with Crippen LogP contribution in [0, 0.1) is 6.92 Å². The summed E-state index contributed by atoms with van der Waals surface area (Å²) in [6.45, 7) is 2.00. The fourth-order valence-electron chi connectivity index (χ4n) is 2.39. The Morgan fingerprint density at radius 1 is 1.12 bits per heavy atom. The zero-order valence-electron chi connectivity index (χ0n) is 13.5. The Kier molecular flexibility index (Phi) is 4.46. The van der Waals surface area contributed by atoms with Gasteiger partial charge in [-0.25, -0.2) is 13.1 Å². The molecule has 0 radical (unpaired) electrons. The van der Waals surface area contributed by atoms with E-state index in [1.54, 1.807) is 37.1 Å². The van der Waals surface area contributed by atoms with E-state index in [4.69, 9.17) is 0 Å². The number of hydrogen-bond donors (Lipinski definition) is 0. The van der Waals surface area contributed by atoms with Gasteiger partial charge < -0.3 is 0 Å². The molecule has 0 saturated heterocycles. The second-order valence-electron chi connectivity index (χ2n) is 5.53. The number of para-hydroxylation sites is 1. The van der Waals surface area contributed by atoms with E-state index < -0.39 is 10.0 Å². The summed E-state index contributed by atoms with van der Waals surface area (Å²) in [7, 11) is -2.03. The number of pyridine rings is 1. The molecule has 0 aliphatic heterocycles. The number of rotatable bonds is 5. The molecule has 24 heavy (non-hydrogen) atoms. The van der Waals surface area contributed by atoms with Crippen LogP contribution in [0.5, 0.6) is 0 Å². The lowest BCUT2D eigenvalue weighted by Gasteiger charge is -2.17. The van der Waals surface area contributed by atoms with Crippen LogP contribution < -0.4 is 0 Å². The maximum atomic E-state index is 12.7. The maximum absolute atomic E-state index is 12.7. The molecule has 3 rings (SSSR count). The van der Waals surface area contributed by atoms with Crippen molar-refractivity contribution < 1.29 is 8.42 Å². The molecule has 7 heteroatoms. The third kappa shape index (κ3) is 3.22. The van der Waals surface area contributed by atoms with Crippen LogP contribution in [0.4, 0.5) is 0 Å². The van der Waals surface area contributed by atoms with Gasteiger partial charge in [0.1, 0.15) is 4.90 Å². The number of benzene rings is 1. The molecule has 2 aromatic heterocycles. The molecule has 2 heterocycles. The molecule has 1 aromatic carbocycles. The topological polar surface area (TPSA) is 68.1 Å². The summed E-state index contributed by atoms with van der Waals surface area (Å²) in [5.41, 5.74) is 2.42. The third-order valence-electron chi connectivity index (χ3n) is 3.74. The zero-order valence-corrected chi connectivity index (χ0v) is 14.3. The van der Waals surface area contributed by atoms with E-state index in [0.717, 1.165) is 11.3 Å². The van der Waals surface area contributed by atoms with E-state index in [1.165, 1.54) is 10.5 Å². The first-order valence-electron chi connectivity index (χ1n) is 7.44. The van der Waals surface area contributed by atoms with Crippen LogP contribution in [0.15, 0.2) is 66.1 Å². The Morgan fingerprint density at radius 2 is 1.88 bits per heavy atom. The van der Waals surface area contributed by atoms with Crippen LogP contribution in [0.25, 0.3) is 5.69 Å². The van der Waals surface area contributed by atoms with Gasteiger partial charge in [0.05, 0.1) is 11.9 Å². The predicted octanol–water partition coefficient (Wildman–Crippen LogP) is 2.40. The monoisotopic (exact) mass is 342 g/mol. The summed E-state index contributed by atoms with van der Waals surface area (Å²) in [5.74, 6) is 0. The van der Waals surface area contributed by atoms with Crippen molar-refractivity contribution in [3.63, 3.8) is 0 Å². The molecular weight excluding hydrogens is 324 g/mol. The number of aromatic nitrogens is 3. The molecule has 0 spiro atoms. The SMILES string of the molecule is Cc1ccncc1S(=O)(=O)N(C)Cc1cnn(-c2ccccc2)c1. The molecule has 0 aliphatic rings. The Labute approximate surface area is 141 Å². The Morgan fingerprint density at radius 3 is 2.58 bits per heavy atom. The molecule has 0 amide bonds. The van der Waals surface area contributed by atoms with Gasteiger partial charge in [0.25, 0.3) is 0 Å². The van der Waals surface area contributed by atoms with Crippen molar-refractivity contribution in [3.05, 3.63) is 72.3 Å². The number of hydrogen-bond acceptors (Lipinski definition) is 4. The van der Waals surface area contributed by atoms with Crippen molar-refractivity contribution in [1.82, 2.24) is 19.1 Å². The zero-order chi connectivity index (χ0) is 17.2. The Balaban J connectivity index is 1.82. The molecule has 6 nitrogen and oxygen atoms in total. The van der Waals surface area contributed by atoms with E-state index in [-0.39, 0.29) is 11.4 Å². The molecule has 0 unspecified atom stereocenters. The predicted molar refractivity (Wildman–Crippen MR) is 91.2 cm³/mol. The first kappa shape index (κ1) is 16.4. The van der Waals surface area contributed by atoms with E-state index >= 15 is 0 Å². The molecule has 0 atom stereocenters. The summed E-state index contributed by atoms with van der Waals surface area (Å²) >= 11 is 0. The van der Waals surface area contributed by atoms with Crippen molar-refractivity contribution in [2.75, 3.05) is 7.05 Å². The van der Waals surface area contributed by atoms with Crippen LogP contribution in [-0.2, 0) is 16.6 Å². The third-order valence-corrected chi connectivity index (χ3v) is 5.67. The van der Waals surface area contributed by atoms with Crippen molar-refractivity contribution in [3.8, 4) is 5.69 Å². The average molecular weight is 342 g/mol. The van der Waals surface area contributed by atoms with Crippen molar-refractivity contribution in [1.29, 1.82) is 0 Å². The van der Waals surface area contributed by atoms with Crippen LogP contribution in [0.1, 0.15) is 11.1 Å². The Bertz CT molecular complexity index is 936. The minimum absolute atomic E-state index is 0.225. The second-order valence-corrected chi connectivity index (χ2v) is 7.54. The minimum atomic E-state index is -3.59. The van der Waals surface area contributed by atoms with Crippen LogP contribution >= 0.6 is 0 Å². The first-order valence-corrected chi connectivity index (χ1v) is 8.88. The lowest BCUT2D eigenvalue weighted by atomic mass is 10.3. The fraction of sp³-hybridized carbons (Fsp3) is 0.176. The van der Waals surface area contributed by atoms with Gasteiger partial charge in [-0.1, -0.05) is 18.2 Å². The summed E-state index contributed by atoms with van der Waals surface area (Å²) in [5, 5.41) is 4.29. The molecule has 0 aliphatic carbocycles. The van der Waals surface area contributed by atoms with Gasteiger partial charge in [-0.15, -0.1) is 0 Å². The molecule has 0 N–H and O–H groups in total. The highest BCUT2D eigenvalue weighted by Crippen LogP contribution is 2.19. The summed E-state index contributed by atoms with van der Waals surface area (Å²) in [6, 6.07) is 11.4. The first-order chi connectivity index (χ1) is 11.5. The largest absolute Gasteiger partial charge is 0.263 e. The van der Waals surface area contributed by atoms with Crippen molar-refractivity contribution >= 4 is 10.0 Å². The quantitative estimate of drug-likeness (QED) is 0.714. The van der Waals surface area contributed by atoms with Crippen LogP contribution in [0.2, 0.25) is 0 Å². The van der Waals surface area contributed by atoms with Gasteiger partial charge in [0.2, 0.25) is 10.0 Å². The number of aryl methyl sites for hydroxylation is 1.